The fraction of sp³-hybridized carbons (Fsp3) is 0.385. The minimum Gasteiger partial charge on any atom is -0.396 e. The van der Waals surface area contributed by atoms with Crippen molar-refractivity contribution in [2.24, 2.45) is 5.92 Å². The van der Waals surface area contributed by atoms with Crippen LogP contribution in [0.1, 0.15) is 17.9 Å². The highest BCUT2D eigenvalue weighted by Gasteiger charge is 2.39. The zero-order valence-corrected chi connectivity index (χ0v) is 9.97. The molecule has 0 saturated carbocycles. The van der Waals surface area contributed by atoms with Gasteiger partial charge in [-0.15, -0.1) is 0 Å². The van der Waals surface area contributed by atoms with Crippen molar-refractivity contribution in [3.05, 3.63) is 35.6 Å². The first-order chi connectivity index (χ1) is 8.54. The summed E-state index contributed by atoms with van der Waals surface area (Å²) in [6.07, 6.45) is 0.152. The van der Waals surface area contributed by atoms with Crippen LogP contribution in [0.5, 0.6) is 0 Å². The van der Waals surface area contributed by atoms with Crippen LogP contribution in [0.25, 0.3) is 0 Å². The molecule has 1 fully saturated rings. The molecule has 0 unspecified atom stereocenters. The van der Waals surface area contributed by atoms with Crippen molar-refractivity contribution >= 4 is 11.8 Å². The number of likely N-dealkylation sites (tertiary alicyclic amines) is 1. The van der Waals surface area contributed by atoms with Crippen molar-refractivity contribution in [1.82, 2.24) is 4.90 Å². The predicted molar refractivity (Wildman–Crippen MR) is 62.1 cm³/mol. The molecule has 5 heteroatoms. The second-order valence-electron chi connectivity index (χ2n) is 4.44. The lowest BCUT2D eigenvalue weighted by atomic mass is 9.80. The van der Waals surface area contributed by atoms with Crippen LogP contribution in [0.3, 0.4) is 0 Å². The molecule has 1 aliphatic rings. The van der Waals surface area contributed by atoms with Gasteiger partial charge >= 0.3 is 0 Å². The van der Waals surface area contributed by atoms with E-state index in [-0.39, 0.29) is 36.6 Å². The maximum atomic E-state index is 12.9. The molecule has 4 nitrogen and oxygen atoms in total. The van der Waals surface area contributed by atoms with E-state index in [1.54, 1.807) is 12.1 Å². The quantitative estimate of drug-likeness (QED) is 0.795. The maximum absolute atomic E-state index is 12.9. The van der Waals surface area contributed by atoms with Crippen molar-refractivity contribution in [3.63, 3.8) is 0 Å². The number of imide groups is 1. The molecule has 1 aliphatic heterocycles. The number of amides is 2. The molecular formula is C13H14FNO3. The molecule has 1 aromatic carbocycles. The molecule has 1 N–H and O–H groups in total. The van der Waals surface area contributed by atoms with E-state index in [2.05, 4.69) is 0 Å². The number of rotatable bonds is 2. The van der Waals surface area contributed by atoms with Crippen LogP contribution in [0.15, 0.2) is 24.3 Å². The number of hydrogen-bond acceptors (Lipinski definition) is 3. The van der Waals surface area contributed by atoms with Crippen molar-refractivity contribution in [2.45, 2.75) is 12.3 Å². The minimum absolute atomic E-state index is 0.152. The highest BCUT2D eigenvalue weighted by atomic mass is 19.1. The first-order valence-electron chi connectivity index (χ1n) is 5.71. The highest BCUT2D eigenvalue weighted by Crippen LogP contribution is 2.33. The lowest BCUT2D eigenvalue weighted by Gasteiger charge is -2.33. The largest absolute Gasteiger partial charge is 0.396 e. The van der Waals surface area contributed by atoms with Gasteiger partial charge in [-0.25, -0.2) is 4.39 Å². The number of benzene rings is 1. The van der Waals surface area contributed by atoms with Crippen LogP contribution in [0.2, 0.25) is 0 Å². The lowest BCUT2D eigenvalue weighted by molar-refractivity contribution is -0.152. The highest BCUT2D eigenvalue weighted by molar-refractivity contribution is 5.99. The normalized spacial score (nSPS) is 24.5. The molecular weight excluding hydrogens is 237 g/mol. The van der Waals surface area contributed by atoms with Crippen molar-refractivity contribution < 1.29 is 19.1 Å². The van der Waals surface area contributed by atoms with E-state index in [4.69, 9.17) is 0 Å². The number of piperidine rings is 1. The third kappa shape index (κ3) is 2.13. The summed E-state index contributed by atoms with van der Waals surface area (Å²) >= 11 is 0. The van der Waals surface area contributed by atoms with Gasteiger partial charge in [0.25, 0.3) is 0 Å². The molecule has 0 aromatic heterocycles. The molecule has 2 rings (SSSR count). The van der Waals surface area contributed by atoms with Gasteiger partial charge in [-0.2, -0.15) is 0 Å². The first-order valence-corrected chi connectivity index (χ1v) is 5.71. The van der Waals surface area contributed by atoms with Gasteiger partial charge in [-0.05, 0) is 17.7 Å². The van der Waals surface area contributed by atoms with Crippen LogP contribution in [0.4, 0.5) is 4.39 Å². The second-order valence-corrected chi connectivity index (χ2v) is 4.44. The Bertz CT molecular complexity index is 472. The predicted octanol–water partition coefficient (Wildman–Crippen LogP) is 0.906. The van der Waals surface area contributed by atoms with E-state index in [9.17, 15) is 19.1 Å². The van der Waals surface area contributed by atoms with Crippen molar-refractivity contribution in [1.29, 1.82) is 0 Å². The first kappa shape index (κ1) is 12.7. The standard InChI is InChI=1S/C13H14FNO3/c1-15-12(17)6-10(11(7-16)13(15)18)8-2-4-9(14)5-3-8/h2-5,10-11,16H,6-7H2,1H3/t10-,11-/m0/s1. The second kappa shape index (κ2) is 4.86. The average molecular weight is 251 g/mol. The SMILES string of the molecule is CN1C(=O)C[C@@H](c2ccc(F)cc2)[C@H](CO)C1=O. The van der Waals surface area contributed by atoms with Crippen molar-refractivity contribution in [2.75, 3.05) is 13.7 Å². The number of hydrogen-bond donors (Lipinski definition) is 1. The Morgan fingerprint density at radius 1 is 1.33 bits per heavy atom. The Morgan fingerprint density at radius 3 is 2.50 bits per heavy atom. The molecule has 0 bridgehead atoms. The Labute approximate surface area is 104 Å². The van der Waals surface area contributed by atoms with Gasteiger partial charge in [-0.1, -0.05) is 12.1 Å². The van der Waals surface area contributed by atoms with Gasteiger partial charge in [0.15, 0.2) is 0 Å². The van der Waals surface area contributed by atoms with E-state index in [1.807, 2.05) is 0 Å². The molecule has 2 atom stereocenters. The molecule has 1 aromatic rings. The molecule has 0 spiro atoms. The van der Waals surface area contributed by atoms with E-state index < -0.39 is 5.92 Å². The van der Waals surface area contributed by atoms with E-state index in [0.29, 0.717) is 5.56 Å². The van der Waals surface area contributed by atoms with Crippen LogP contribution in [-0.4, -0.2) is 35.5 Å². The number of aliphatic hydroxyl groups is 1. The van der Waals surface area contributed by atoms with Gasteiger partial charge in [0.1, 0.15) is 5.82 Å². The Morgan fingerprint density at radius 2 is 1.94 bits per heavy atom. The summed E-state index contributed by atoms with van der Waals surface area (Å²) in [7, 11) is 1.41. The Hall–Kier alpha value is -1.75. The maximum Gasteiger partial charge on any atom is 0.234 e. The Balaban J connectivity index is 2.33. The Kier molecular flexibility index (Phi) is 3.43. The zero-order chi connectivity index (χ0) is 13.3. The summed E-state index contributed by atoms with van der Waals surface area (Å²) in [5.74, 6) is -2.06. The van der Waals surface area contributed by atoms with Gasteiger partial charge < -0.3 is 5.11 Å². The number of aliphatic hydroxyl groups excluding tert-OH is 1. The van der Waals surface area contributed by atoms with E-state index >= 15 is 0 Å². The van der Waals surface area contributed by atoms with Crippen LogP contribution in [0, 0.1) is 11.7 Å². The van der Waals surface area contributed by atoms with Crippen LogP contribution < -0.4 is 0 Å². The molecule has 96 valence electrons. The molecule has 0 aliphatic carbocycles. The molecule has 0 radical (unpaired) electrons. The van der Waals surface area contributed by atoms with Gasteiger partial charge in [0, 0.05) is 19.4 Å². The van der Waals surface area contributed by atoms with Gasteiger partial charge in [-0.3, -0.25) is 14.5 Å². The van der Waals surface area contributed by atoms with Gasteiger partial charge in [0.05, 0.1) is 12.5 Å². The summed E-state index contributed by atoms with van der Waals surface area (Å²) in [6, 6.07) is 5.68. The number of carbonyl (C=O) groups is 2. The third-order valence-corrected chi connectivity index (χ3v) is 3.40. The minimum atomic E-state index is -0.641. The topological polar surface area (TPSA) is 57.6 Å². The van der Waals surface area contributed by atoms with Crippen molar-refractivity contribution in [3.8, 4) is 0 Å². The lowest BCUT2D eigenvalue weighted by Crippen LogP contribution is -2.47. The third-order valence-electron chi connectivity index (χ3n) is 3.40. The molecule has 2 amide bonds. The fourth-order valence-electron chi connectivity index (χ4n) is 2.28. The smallest absolute Gasteiger partial charge is 0.234 e. The van der Waals surface area contributed by atoms with Gasteiger partial charge in [0.2, 0.25) is 11.8 Å². The van der Waals surface area contributed by atoms with E-state index in [0.717, 1.165) is 4.90 Å². The van der Waals surface area contributed by atoms with Crippen LogP contribution >= 0.6 is 0 Å². The zero-order valence-electron chi connectivity index (χ0n) is 9.97. The van der Waals surface area contributed by atoms with Crippen LogP contribution in [-0.2, 0) is 9.59 Å². The number of carbonyl (C=O) groups excluding carboxylic acids is 2. The molecule has 1 heterocycles. The number of nitrogens with zero attached hydrogens (tertiary/aromatic N) is 1. The molecule has 18 heavy (non-hydrogen) atoms. The summed E-state index contributed by atoms with van der Waals surface area (Å²) in [6.45, 7) is -0.321. The molecule has 1 saturated heterocycles. The summed E-state index contributed by atoms with van der Waals surface area (Å²) in [4.78, 5) is 24.6. The number of halogens is 1. The average Bonchev–Trinajstić information content (AvgIpc) is 2.37. The van der Waals surface area contributed by atoms with E-state index in [1.165, 1.54) is 19.2 Å². The monoisotopic (exact) mass is 251 g/mol. The summed E-state index contributed by atoms with van der Waals surface area (Å²) in [5, 5.41) is 9.32. The summed E-state index contributed by atoms with van der Waals surface area (Å²) < 4.78 is 12.9. The fourth-order valence-corrected chi connectivity index (χ4v) is 2.28. The summed E-state index contributed by atoms with van der Waals surface area (Å²) in [5.41, 5.74) is 0.699.